The molecule has 162 valence electrons. The van der Waals surface area contributed by atoms with E-state index in [9.17, 15) is 13.2 Å². The fraction of sp³-hybridized carbons (Fsp3) is 0.450. The molecule has 0 unspecified atom stereocenters. The summed E-state index contributed by atoms with van der Waals surface area (Å²) in [6.45, 7) is 4.67. The van der Waals surface area contributed by atoms with Gasteiger partial charge in [0, 0.05) is 31.6 Å². The van der Waals surface area contributed by atoms with Gasteiger partial charge in [0.25, 0.3) is 0 Å². The molecule has 2 heterocycles. The van der Waals surface area contributed by atoms with E-state index in [2.05, 4.69) is 19.8 Å². The fourth-order valence-corrected chi connectivity index (χ4v) is 2.98. The molecule has 3 aromatic rings. The van der Waals surface area contributed by atoms with Crippen molar-refractivity contribution in [3.05, 3.63) is 46.7 Å². The first-order valence-corrected chi connectivity index (χ1v) is 9.36. The van der Waals surface area contributed by atoms with Crippen LogP contribution in [-0.4, -0.2) is 35.6 Å². The topological polar surface area (TPSA) is 83.4 Å². The van der Waals surface area contributed by atoms with E-state index in [1.165, 1.54) is 0 Å². The highest BCUT2D eigenvalue weighted by Crippen LogP contribution is 2.32. The third-order valence-electron chi connectivity index (χ3n) is 4.37. The molecule has 0 amide bonds. The van der Waals surface area contributed by atoms with Crippen LogP contribution in [0.1, 0.15) is 34.9 Å². The van der Waals surface area contributed by atoms with E-state index < -0.39 is 12.1 Å². The van der Waals surface area contributed by atoms with E-state index in [4.69, 9.17) is 14.0 Å². The summed E-state index contributed by atoms with van der Waals surface area (Å²) in [6.07, 6.45) is -2.57. The summed E-state index contributed by atoms with van der Waals surface area (Å²) in [5, 5.41) is 7.41. The van der Waals surface area contributed by atoms with Gasteiger partial charge in [-0.2, -0.15) is 18.2 Å². The van der Waals surface area contributed by atoms with Crippen LogP contribution in [0.3, 0.4) is 0 Å². The summed E-state index contributed by atoms with van der Waals surface area (Å²) < 4.78 is 58.5. The second-order valence-electron chi connectivity index (χ2n) is 6.84. The molecule has 0 fully saturated rings. The van der Waals surface area contributed by atoms with Gasteiger partial charge in [-0.3, -0.25) is 0 Å². The van der Waals surface area contributed by atoms with Crippen molar-refractivity contribution in [2.75, 3.05) is 20.3 Å². The minimum absolute atomic E-state index is 0.116. The van der Waals surface area contributed by atoms with Crippen LogP contribution < -0.4 is 4.74 Å². The van der Waals surface area contributed by atoms with E-state index in [-0.39, 0.29) is 5.82 Å². The van der Waals surface area contributed by atoms with Gasteiger partial charge in [-0.25, -0.2) is 0 Å². The average Bonchev–Trinajstić information content (AvgIpc) is 3.34. The molecule has 0 aliphatic heterocycles. The van der Waals surface area contributed by atoms with Crippen molar-refractivity contribution < 1.29 is 31.7 Å². The zero-order valence-electron chi connectivity index (χ0n) is 16.9. The number of ether oxygens (including phenoxy) is 2. The lowest BCUT2D eigenvalue weighted by molar-refractivity contribution is -0.159. The summed E-state index contributed by atoms with van der Waals surface area (Å²) in [6, 6.07) is 5.25. The number of benzene rings is 1. The minimum atomic E-state index is -4.67. The van der Waals surface area contributed by atoms with Gasteiger partial charge < -0.3 is 18.5 Å². The van der Waals surface area contributed by atoms with Crippen LogP contribution in [-0.2, 0) is 23.8 Å². The highest BCUT2D eigenvalue weighted by molar-refractivity contribution is 5.61. The zero-order chi connectivity index (χ0) is 21.7. The highest BCUT2D eigenvalue weighted by atomic mass is 19.4. The number of hydrogen-bond donors (Lipinski definition) is 0. The third-order valence-corrected chi connectivity index (χ3v) is 4.37. The van der Waals surface area contributed by atoms with Crippen molar-refractivity contribution in [3.63, 3.8) is 0 Å². The largest absolute Gasteiger partial charge is 0.493 e. The Balaban J connectivity index is 1.58. The molecule has 0 atom stereocenters. The molecule has 0 N–H and O–H groups in total. The van der Waals surface area contributed by atoms with Crippen LogP contribution in [0.15, 0.2) is 27.2 Å². The van der Waals surface area contributed by atoms with Gasteiger partial charge in [-0.05, 0) is 43.5 Å². The Morgan fingerprint density at radius 2 is 1.70 bits per heavy atom. The van der Waals surface area contributed by atoms with Crippen LogP contribution in [0.25, 0.3) is 11.4 Å². The predicted molar refractivity (Wildman–Crippen MR) is 100 cm³/mol. The smallest absolute Gasteiger partial charge is 0.471 e. The number of rotatable bonds is 9. The SMILES string of the molecule is COCCc1cc(CCCOc2c(C)cc(-c3noc(C(F)(F)F)n3)cc2C)on1. The Labute approximate surface area is 171 Å². The lowest BCUT2D eigenvalue weighted by atomic mass is 10.1. The fourth-order valence-electron chi connectivity index (χ4n) is 2.98. The van der Waals surface area contributed by atoms with Crippen LogP contribution >= 0.6 is 0 Å². The van der Waals surface area contributed by atoms with Crippen molar-refractivity contribution in [1.82, 2.24) is 15.3 Å². The Morgan fingerprint density at radius 1 is 0.967 bits per heavy atom. The molecule has 30 heavy (non-hydrogen) atoms. The molecule has 2 aromatic heterocycles. The monoisotopic (exact) mass is 425 g/mol. The second-order valence-corrected chi connectivity index (χ2v) is 6.84. The van der Waals surface area contributed by atoms with E-state index in [1.807, 2.05) is 19.9 Å². The molecule has 0 spiro atoms. The number of halogens is 3. The lowest BCUT2D eigenvalue weighted by Crippen LogP contribution is -2.05. The van der Waals surface area contributed by atoms with Gasteiger partial charge in [0.2, 0.25) is 5.82 Å². The summed E-state index contributed by atoms with van der Waals surface area (Å²) in [7, 11) is 1.64. The zero-order valence-corrected chi connectivity index (χ0v) is 16.9. The van der Waals surface area contributed by atoms with Gasteiger partial charge in [-0.15, -0.1) is 0 Å². The highest BCUT2D eigenvalue weighted by Gasteiger charge is 2.38. The maximum absolute atomic E-state index is 12.7. The van der Waals surface area contributed by atoms with Gasteiger partial charge in [0.1, 0.15) is 11.5 Å². The standard InChI is InChI=1S/C20H22F3N3O4/c1-12-9-14(18-24-19(30-26-18)20(21,22)23)10-13(2)17(12)28-7-4-5-16-11-15(25-29-16)6-8-27-3/h9-11H,4-8H2,1-3H3. The lowest BCUT2D eigenvalue weighted by Gasteiger charge is -2.13. The second kappa shape index (κ2) is 9.29. The molecule has 1 aromatic carbocycles. The molecule has 0 radical (unpaired) electrons. The maximum Gasteiger partial charge on any atom is 0.471 e. The van der Waals surface area contributed by atoms with Gasteiger partial charge in [-0.1, -0.05) is 10.3 Å². The number of methoxy groups -OCH3 is 1. The summed E-state index contributed by atoms with van der Waals surface area (Å²) in [5.74, 6) is -0.0247. The van der Waals surface area contributed by atoms with Gasteiger partial charge in [0.15, 0.2) is 0 Å². The average molecular weight is 425 g/mol. The van der Waals surface area contributed by atoms with Crippen molar-refractivity contribution in [2.45, 2.75) is 39.3 Å². The molecule has 3 rings (SSSR count). The number of alkyl halides is 3. The molecule has 10 heteroatoms. The Morgan fingerprint density at radius 3 is 2.33 bits per heavy atom. The predicted octanol–water partition coefficient (Wildman–Crippen LogP) is 4.56. The Hall–Kier alpha value is -2.88. The Kier molecular flexibility index (Phi) is 6.76. The summed E-state index contributed by atoms with van der Waals surface area (Å²) in [4.78, 5) is 3.43. The van der Waals surface area contributed by atoms with Crippen LogP contribution in [0.5, 0.6) is 5.75 Å². The normalized spacial score (nSPS) is 11.8. The van der Waals surface area contributed by atoms with E-state index in [0.29, 0.717) is 37.4 Å². The maximum atomic E-state index is 12.7. The summed E-state index contributed by atoms with van der Waals surface area (Å²) >= 11 is 0. The quantitative estimate of drug-likeness (QED) is 0.465. The third kappa shape index (κ3) is 5.38. The van der Waals surface area contributed by atoms with Gasteiger partial charge >= 0.3 is 12.1 Å². The number of nitrogens with zero attached hydrogens (tertiary/aromatic N) is 3. The number of aromatic nitrogens is 3. The van der Waals surface area contributed by atoms with Crippen molar-refractivity contribution >= 4 is 0 Å². The summed E-state index contributed by atoms with van der Waals surface area (Å²) in [5.41, 5.74) is 2.82. The van der Waals surface area contributed by atoms with Crippen LogP contribution in [0.2, 0.25) is 0 Å². The molecule has 0 aliphatic carbocycles. The Bertz CT molecular complexity index is 959. The first-order valence-electron chi connectivity index (χ1n) is 9.36. The molecular formula is C20H22F3N3O4. The van der Waals surface area contributed by atoms with Crippen molar-refractivity contribution in [1.29, 1.82) is 0 Å². The van der Waals surface area contributed by atoms with E-state index in [1.54, 1.807) is 19.2 Å². The van der Waals surface area contributed by atoms with E-state index in [0.717, 1.165) is 29.0 Å². The molecule has 7 nitrogen and oxygen atoms in total. The first kappa shape index (κ1) is 21.8. The van der Waals surface area contributed by atoms with Gasteiger partial charge in [0.05, 0.1) is 18.9 Å². The molecule has 0 bridgehead atoms. The molecule has 0 saturated carbocycles. The van der Waals surface area contributed by atoms with Crippen molar-refractivity contribution in [2.24, 2.45) is 0 Å². The van der Waals surface area contributed by atoms with Crippen LogP contribution in [0.4, 0.5) is 13.2 Å². The molecule has 0 aliphatic rings. The van der Waals surface area contributed by atoms with E-state index >= 15 is 0 Å². The van der Waals surface area contributed by atoms with Crippen LogP contribution in [0, 0.1) is 13.8 Å². The molecular weight excluding hydrogens is 403 g/mol. The number of hydrogen-bond acceptors (Lipinski definition) is 7. The number of aryl methyl sites for hydroxylation is 3. The minimum Gasteiger partial charge on any atom is -0.493 e. The van der Waals surface area contributed by atoms with Crippen molar-refractivity contribution in [3.8, 4) is 17.1 Å². The molecule has 0 saturated heterocycles. The first-order chi connectivity index (χ1) is 14.3.